The van der Waals surface area contributed by atoms with E-state index >= 15 is 0 Å². The van der Waals surface area contributed by atoms with Crippen LogP contribution >= 0.6 is 0 Å². The lowest BCUT2D eigenvalue weighted by Crippen LogP contribution is -2.29. The molecule has 2 rings (SSSR count). The number of halogens is 1. The minimum atomic E-state index is -0.446. The Morgan fingerprint density at radius 3 is 3.00 bits per heavy atom. The average molecular weight is 252 g/mol. The molecule has 0 saturated carbocycles. The predicted molar refractivity (Wildman–Crippen MR) is 69.0 cm³/mol. The SMILES string of the molecule is CCC1OCCC1C(O)Cc1cc(F)ccc1C. The topological polar surface area (TPSA) is 29.5 Å². The molecule has 3 unspecified atom stereocenters. The van der Waals surface area contributed by atoms with Gasteiger partial charge in [-0.25, -0.2) is 4.39 Å². The maximum Gasteiger partial charge on any atom is 0.123 e. The third kappa shape index (κ3) is 2.90. The molecule has 0 radical (unpaired) electrons. The molecular formula is C15H21FO2. The van der Waals surface area contributed by atoms with E-state index in [1.165, 1.54) is 12.1 Å². The average Bonchev–Trinajstić information content (AvgIpc) is 2.82. The first-order valence-corrected chi connectivity index (χ1v) is 6.66. The lowest BCUT2D eigenvalue weighted by molar-refractivity contribution is 0.0317. The van der Waals surface area contributed by atoms with E-state index in [9.17, 15) is 9.50 Å². The monoisotopic (exact) mass is 252 g/mol. The van der Waals surface area contributed by atoms with Gasteiger partial charge in [0, 0.05) is 12.5 Å². The smallest absolute Gasteiger partial charge is 0.123 e. The Morgan fingerprint density at radius 2 is 2.28 bits per heavy atom. The molecule has 2 nitrogen and oxygen atoms in total. The van der Waals surface area contributed by atoms with Gasteiger partial charge in [-0.1, -0.05) is 13.0 Å². The predicted octanol–water partition coefficient (Wildman–Crippen LogP) is 2.85. The van der Waals surface area contributed by atoms with Crippen molar-refractivity contribution in [1.29, 1.82) is 0 Å². The molecule has 100 valence electrons. The summed E-state index contributed by atoms with van der Waals surface area (Å²) in [7, 11) is 0. The van der Waals surface area contributed by atoms with E-state index in [1.807, 2.05) is 6.92 Å². The minimum Gasteiger partial charge on any atom is -0.392 e. The van der Waals surface area contributed by atoms with Gasteiger partial charge in [0.2, 0.25) is 0 Å². The number of aryl methyl sites for hydroxylation is 1. The number of hydrogen-bond donors (Lipinski definition) is 1. The van der Waals surface area contributed by atoms with Crippen molar-refractivity contribution >= 4 is 0 Å². The van der Waals surface area contributed by atoms with Gasteiger partial charge in [-0.2, -0.15) is 0 Å². The van der Waals surface area contributed by atoms with Crippen LogP contribution < -0.4 is 0 Å². The molecule has 18 heavy (non-hydrogen) atoms. The van der Waals surface area contributed by atoms with Crippen LogP contribution in [0.15, 0.2) is 18.2 Å². The highest BCUT2D eigenvalue weighted by molar-refractivity contribution is 5.27. The van der Waals surface area contributed by atoms with Crippen LogP contribution in [0.4, 0.5) is 4.39 Å². The molecule has 1 fully saturated rings. The van der Waals surface area contributed by atoms with E-state index in [2.05, 4.69) is 6.92 Å². The third-order valence-corrected chi connectivity index (χ3v) is 3.90. The normalized spacial score (nSPS) is 25.3. The van der Waals surface area contributed by atoms with Crippen molar-refractivity contribution in [1.82, 2.24) is 0 Å². The summed E-state index contributed by atoms with van der Waals surface area (Å²) in [5, 5.41) is 10.3. The first kappa shape index (κ1) is 13.5. The van der Waals surface area contributed by atoms with E-state index < -0.39 is 6.10 Å². The fraction of sp³-hybridized carbons (Fsp3) is 0.600. The summed E-state index contributed by atoms with van der Waals surface area (Å²) >= 11 is 0. The third-order valence-electron chi connectivity index (χ3n) is 3.90. The Labute approximate surface area is 108 Å². The Hall–Kier alpha value is -0.930. The van der Waals surface area contributed by atoms with Crippen LogP contribution in [0.25, 0.3) is 0 Å². The lowest BCUT2D eigenvalue weighted by Gasteiger charge is -2.23. The van der Waals surface area contributed by atoms with E-state index in [4.69, 9.17) is 4.74 Å². The van der Waals surface area contributed by atoms with Crippen molar-refractivity contribution in [3.63, 3.8) is 0 Å². The number of rotatable bonds is 4. The zero-order valence-corrected chi connectivity index (χ0v) is 11.0. The molecule has 1 aromatic carbocycles. The van der Waals surface area contributed by atoms with Gasteiger partial charge >= 0.3 is 0 Å². The van der Waals surface area contributed by atoms with Crippen molar-refractivity contribution in [2.24, 2.45) is 5.92 Å². The second-order valence-corrected chi connectivity index (χ2v) is 5.11. The highest BCUT2D eigenvalue weighted by Crippen LogP contribution is 2.28. The molecule has 1 aliphatic heterocycles. The van der Waals surface area contributed by atoms with Gasteiger partial charge in [0.25, 0.3) is 0 Å². The van der Waals surface area contributed by atoms with Gasteiger partial charge < -0.3 is 9.84 Å². The summed E-state index contributed by atoms with van der Waals surface area (Å²) in [6.07, 6.45) is 2.03. The molecule has 3 heteroatoms. The molecule has 1 saturated heterocycles. The van der Waals surface area contributed by atoms with E-state index in [0.29, 0.717) is 6.42 Å². The van der Waals surface area contributed by atoms with Gasteiger partial charge in [-0.05, 0) is 49.4 Å². The first-order valence-electron chi connectivity index (χ1n) is 6.66. The Bertz CT molecular complexity index is 405. The molecule has 1 heterocycles. The molecular weight excluding hydrogens is 231 g/mol. The van der Waals surface area contributed by atoms with Crippen LogP contribution in [0.5, 0.6) is 0 Å². The maximum absolute atomic E-state index is 13.2. The molecule has 0 spiro atoms. The fourth-order valence-electron chi connectivity index (χ4n) is 2.76. The van der Waals surface area contributed by atoms with Crippen molar-refractivity contribution in [2.45, 2.75) is 45.3 Å². The van der Waals surface area contributed by atoms with Gasteiger partial charge in [-0.3, -0.25) is 0 Å². The van der Waals surface area contributed by atoms with Gasteiger partial charge in [0.1, 0.15) is 5.82 Å². The van der Waals surface area contributed by atoms with Crippen molar-refractivity contribution < 1.29 is 14.2 Å². The molecule has 1 N–H and O–H groups in total. The molecule has 0 aliphatic carbocycles. The summed E-state index contributed by atoms with van der Waals surface area (Å²) in [6.45, 7) is 4.75. The molecule has 0 amide bonds. The van der Waals surface area contributed by atoms with Gasteiger partial charge in [0.05, 0.1) is 12.2 Å². The molecule has 1 aromatic rings. The Kier molecular flexibility index (Phi) is 4.36. The Balaban J connectivity index is 2.06. The second kappa shape index (κ2) is 5.81. The zero-order chi connectivity index (χ0) is 13.1. The van der Waals surface area contributed by atoms with Crippen LogP contribution in [0.2, 0.25) is 0 Å². The van der Waals surface area contributed by atoms with E-state index in [1.54, 1.807) is 6.07 Å². The zero-order valence-electron chi connectivity index (χ0n) is 11.0. The first-order chi connectivity index (χ1) is 8.61. The number of hydrogen-bond acceptors (Lipinski definition) is 2. The van der Waals surface area contributed by atoms with Crippen molar-refractivity contribution in [3.8, 4) is 0 Å². The van der Waals surface area contributed by atoms with Crippen LogP contribution in [-0.2, 0) is 11.2 Å². The summed E-state index contributed by atoms with van der Waals surface area (Å²) in [6, 6.07) is 4.74. The number of aliphatic hydroxyl groups is 1. The van der Waals surface area contributed by atoms with Gasteiger partial charge in [-0.15, -0.1) is 0 Å². The van der Waals surface area contributed by atoms with Crippen LogP contribution in [0.1, 0.15) is 30.9 Å². The van der Waals surface area contributed by atoms with Crippen LogP contribution in [0.3, 0.4) is 0 Å². The molecule has 0 aromatic heterocycles. The van der Waals surface area contributed by atoms with Crippen LogP contribution in [-0.4, -0.2) is 23.9 Å². The number of benzene rings is 1. The Morgan fingerprint density at radius 1 is 1.50 bits per heavy atom. The summed E-state index contributed by atoms with van der Waals surface area (Å²) in [5.41, 5.74) is 1.92. The number of ether oxygens (including phenoxy) is 1. The summed E-state index contributed by atoms with van der Waals surface area (Å²) in [4.78, 5) is 0. The van der Waals surface area contributed by atoms with Crippen molar-refractivity contribution in [2.75, 3.05) is 6.61 Å². The van der Waals surface area contributed by atoms with Crippen molar-refractivity contribution in [3.05, 3.63) is 35.1 Å². The molecule has 3 atom stereocenters. The van der Waals surface area contributed by atoms with Gasteiger partial charge in [0.15, 0.2) is 0 Å². The quantitative estimate of drug-likeness (QED) is 0.893. The highest BCUT2D eigenvalue weighted by Gasteiger charge is 2.32. The number of aliphatic hydroxyl groups excluding tert-OH is 1. The maximum atomic E-state index is 13.2. The minimum absolute atomic E-state index is 0.147. The second-order valence-electron chi connectivity index (χ2n) is 5.11. The molecule has 1 aliphatic rings. The fourth-order valence-corrected chi connectivity index (χ4v) is 2.76. The standard InChI is InChI=1S/C15H21FO2/c1-3-15-13(6-7-18-15)14(17)9-11-8-12(16)5-4-10(11)2/h4-5,8,13-15,17H,3,6-7,9H2,1-2H3. The van der Waals surface area contributed by atoms with Crippen LogP contribution in [0, 0.1) is 18.7 Å². The van der Waals surface area contributed by atoms with E-state index in [0.717, 1.165) is 30.6 Å². The molecule has 0 bridgehead atoms. The highest BCUT2D eigenvalue weighted by atomic mass is 19.1. The van der Waals surface area contributed by atoms with E-state index in [-0.39, 0.29) is 17.8 Å². The summed E-state index contributed by atoms with van der Waals surface area (Å²) in [5.74, 6) is -0.0600. The summed E-state index contributed by atoms with van der Waals surface area (Å²) < 4.78 is 18.8. The largest absolute Gasteiger partial charge is 0.392 e. The lowest BCUT2D eigenvalue weighted by atomic mass is 9.88.